The smallest absolute Gasteiger partial charge is 0.252 e. The van der Waals surface area contributed by atoms with Crippen molar-refractivity contribution in [2.45, 2.75) is 13.3 Å². The van der Waals surface area contributed by atoms with Crippen molar-refractivity contribution in [1.82, 2.24) is 5.32 Å². The Bertz CT molecular complexity index is 747. The Balaban J connectivity index is 2.04. The maximum atomic E-state index is 12.2. The molecule has 1 N–H and O–H groups in total. The van der Waals surface area contributed by atoms with Gasteiger partial charge < -0.3 is 14.8 Å². The third kappa shape index (κ3) is 4.34. The fourth-order valence-electron chi connectivity index (χ4n) is 2.37. The van der Waals surface area contributed by atoms with E-state index in [-0.39, 0.29) is 5.91 Å². The van der Waals surface area contributed by atoms with Crippen LogP contribution in [0.15, 0.2) is 30.3 Å². The molecule has 6 heteroatoms. The van der Waals surface area contributed by atoms with E-state index in [9.17, 15) is 4.79 Å². The van der Waals surface area contributed by atoms with E-state index >= 15 is 0 Å². The molecule has 0 heterocycles. The maximum absolute atomic E-state index is 12.2. The van der Waals surface area contributed by atoms with E-state index in [0.717, 1.165) is 11.1 Å². The lowest BCUT2D eigenvalue weighted by Gasteiger charge is -2.13. The zero-order chi connectivity index (χ0) is 17.7. The number of amides is 1. The van der Waals surface area contributed by atoms with Crippen LogP contribution in [0.25, 0.3) is 0 Å². The van der Waals surface area contributed by atoms with Gasteiger partial charge in [0, 0.05) is 11.6 Å². The molecule has 0 radical (unpaired) electrons. The first-order valence-electron chi connectivity index (χ1n) is 7.41. The maximum Gasteiger partial charge on any atom is 0.252 e. The average Bonchev–Trinajstić information content (AvgIpc) is 2.57. The second-order valence-corrected chi connectivity index (χ2v) is 6.11. The van der Waals surface area contributed by atoms with E-state index in [1.54, 1.807) is 32.4 Å². The molecule has 0 fully saturated rings. The Morgan fingerprint density at radius 2 is 1.75 bits per heavy atom. The summed E-state index contributed by atoms with van der Waals surface area (Å²) in [4.78, 5) is 12.2. The molecule has 4 nitrogen and oxygen atoms in total. The molecule has 0 unspecified atom stereocenters. The molecule has 0 aromatic heterocycles. The number of halogens is 2. The molecule has 0 aliphatic heterocycles. The highest BCUT2D eigenvalue weighted by molar-refractivity contribution is 6.35. The Morgan fingerprint density at radius 1 is 1.08 bits per heavy atom. The lowest BCUT2D eigenvalue weighted by atomic mass is 10.0. The summed E-state index contributed by atoms with van der Waals surface area (Å²) in [5.74, 6) is 1.11. The summed E-state index contributed by atoms with van der Waals surface area (Å²) in [6, 6.07) is 8.66. The molecule has 0 aliphatic rings. The van der Waals surface area contributed by atoms with Gasteiger partial charge in [0.05, 0.1) is 24.8 Å². The highest BCUT2D eigenvalue weighted by atomic mass is 35.5. The minimum atomic E-state index is -0.249. The number of carbonyl (C=O) groups excluding carboxylic acids is 1. The SMILES string of the molecule is COc1cc(C)c(CCNC(=O)c2cc(Cl)ccc2Cl)cc1OC. The second kappa shape index (κ2) is 8.27. The van der Waals surface area contributed by atoms with Crippen LogP contribution in [0.3, 0.4) is 0 Å². The minimum absolute atomic E-state index is 0.249. The molecule has 24 heavy (non-hydrogen) atoms. The monoisotopic (exact) mass is 367 g/mol. The normalized spacial score (nSPS) is 10.4. The largest absolute Gasteiger partial charge is 0.493 e. The summed E-state index contributed by atoms with van der Waals surface area (Å²) in [6.45, 7) is 2.46. The van der Waals surface area contributed by atoms with E-state index in [1.807, 2.05) is 19.1 Å². The molecular formula is C18H19Cl2NO3. The van der Waals surface area contributed by atoms with Crippen LogP contribution in [0.4, 0.5) is 0 Å². The summed E-state index contributed by atoms with van der Waals surface area (Å²) in [6.07, 6.45) is 0.663. The van der Waals surface area contributed by atoms with Crippen molar-refractivity contribution in [3.63, 3.8) is 0 Å². The number of methoxy groups -OCH3 is 2. The summed E-state index contributed by atoms with van der Waals surface area (Å²) in [5.41, 5.74) is 2.51. The molecule has 1 amide bonds. The van der Waals surface area contributed by atoms with Crippen LogP contribution >= 0.6 is 23.2 Å². The summed E-state index contributed by atoms with van der Waals surface area (Å²) in [7, 11) is 3.20. The van der Waals surface area contributed by atoms with Crippen LogP contribution < -0.4 is 14.8 Å². The van der Waals surface area contributed by atoms with E-state index in [0.29, 0.717) is 40.1 Å². The number of nitrogens with one attached hydrogen (secondary N) is 1. The topological polar surface area (TPSA) is 47.6 Å². The van der Waals surface area contributed by atoms with Gasteiger partial charge >= 0.3 is 0 Å². The van der Waals surface area contributed by atoms with Crippen molar-refractivity contribution < 1.29 is 14.3 Å². The predicted molar refractivity (Wildman–Crippen MR) is 96.8 cm³/mol. The van der Waals surface area contributed by atoms with Gasteiger partial charge in [0.25, 0.3) is 5.91 Å². The van der Waals surface area contributed by atoms with E-state index in [2.05, 4.69) is 5.32 Å². The highest BCUT2D eigenvalue weighted by Gasteiger charge is 2.12. The third-order valence-corrected chi connectivity index (χ3v) is 4.26. The van der Waals surface area contributed by atoms with Gasteiger partial charge in [0.2, 0.25) is 0 Å². The predicted octanol–water partition coefficient (Wildman–Crippen LogP) is 4.29. The number of ether oxygens (including phenoxy) is 2. The average molecular weight is 368 g/mol. The number of hydrogen-bond acceptors (Lipinski definition) is 3. The van der Waals surface area contributed by atoms with Crippen LogP contribution in [0.2, 0.25) is 10.0 Å². The molecule has 2 aromatic rings. The molecule has 0 spiro atoms. The van der Waals surface area contributed by atoms with Crippen molar-refractivity contribution in [2.24, 2.45) is 0 Å². The van der Waals surface area contributed by atoms with Gasteiger partial charge in [-0.3, -0.25) is 4.79 Å². The number of rotatable bonds is 6. The molecule has 0 atom stereocenters. The lowest BCUT2D eigenvalue weighted by molar-refractivity contribution is 0.0954. The zero-order valence-corrected chi connectivity index (χ0v) is 15.3. The molecule has 128 valence electrons. The molecular weight excluding hydrogens is 349 g/mol. The third-order valence-electron chi connectivity index (χ3n) is 3.70. The number of carbonyl (C=O) groups is 1. The van der Waals surface area contributed by atoms with Crippen molar-refractivity contribution in [2.75, 3.05) is 20.8 Å². The van der Waals surface area contributed by atoms with Gasteiger partial charge in [-0.05, 0) is 54.8 Å². The Labute approximate surface area is 151 Å². The quantitative estimate of drug-likeness (QED) is 0.828. The number of hydrogen-bond donors (Lipinski definition) is 1. The van der Waals surface area contributed by atoms with Crippen molar-refractivity contribution in [3.8, 4) is 11.5 Å². The molecule has 0 saturated heterocycles. The summed E-state index contributed by atoms with van der Waals surface area (Å²) in [5, 5.41) is 3.70. The van der Waals surface area contributed by atoms with Crippen LogP contribution in [0.1, 0.15) is 21.5 Å². The van der Waals surface area contributed by atoms with E-state index in [4.69, 9.17) is 32.7 Å². The van der Waals surface area contributed by atoms with Gasteiger partial charge in [0.15, 0.2) is 11.5 Å². The van der Waals surface area contributed by atoms with Gasteiger partial charge in [-0.2, -0.15) is 0 Å². The van der Waals surface area contributed by atoms with Gasteiger partial charge in [0.1, 0.15) is 0 Å². The summed E-state index contributed by atoms with van der Waals surface area (Å²) >= 11 is 11.9. The molecule has 0 bridgehead atoms. The first kappa shape index (κ1) is 18.4. The van der Waals surface area contributed by atoms with Gasteiger partial charge in [-0.15, -0.1) is 0 Å². The Morgan fingerprint density at radius 3 is 2.42 bits per heavy atom. The fourth-order valence-corrected chi connectivity index (χ4v) is 2.74. The molecule has 0 saturated carbocycles. The van der Waals surface area contributed by atoms with Crippen LogP contribution in [0.5, 0.6) is 11.5 Å². The van der Waals surface area contributed by atoms with Crippen molar-refractivity contribution in [3.05, 3.63) is 57.1 Å². The van der Waals surface area contributed by atoms with Crippen LogP contribution in [0, 0.1) is 6.92 Å². The molecule has 0 aliphatic carbocycles. The van der Waals surface area contributed by atoms with Crippen LogP contribution in [-0.2, 0) is 6.42 Å². The van der Waals surface area contributed by atoms with E-state index in [1.165, 1.54) is 0 Å². The minimum Gasteiger partial charge on any atom is -0.493 e. The summed E-state index contributed by atoms with van der Waals surface area (Å²) < 4.78 is 10.6. The number of aryl methyl sites for hydroxylation is 1. The highest BCUT2D eigenvalue weighted by Crippen LogP contribution is 2.30. The number of benzene rings is 2. The Kier molecular flexibility index (Phi) is 6.35. The first-order chi connectivity index (χ1) is 11.5. The first-order valence-corrected chi connectivity index (χ1v) is 8.16. The van der Waals surface area contributed by atoms with Crippen molar-refractivity contribution in [1.29, 1.82) is 0 Å². The Hall–Kier alpha value is -1.91. The standard InChI is InChI=1S/C18H19Cl2NO3/c1-11-8-16(23-2)17(24-3)9-12(11)6-7-21-18(22)14-10-13(19)4-5-15(14)20/h4-5,8-10H,6-7H2,1-3H3,(H,21,22). The second-order valence-electron chi connectivity index (χ2n) is 5.26. The molecule has 2 rings (SSSR count). The zero-order valence-electron chi connectivity index (χ0n) is 13.8. The van der Waals surface area contributed by atoms with E-state index < -0.39 is 0 Å². The van der Waals surface area contributed by atoms with Crippen LogP contribution in [-0.4, -0.2) is 26.7 Å². The van der Waals surface area contributed by atoms with Gasteiger partial charge in [-0.25, -0.2) is 0 Å². The fraction of sp³-hybridized carbons (Fsp3) is 0.278. The van der Waals surface area contributed by atoms with Crippen molar-refractivity contribution >= 4 is 29.1 Å². The molecule has 2 aromatic carbocycles. The lowest BCUT2D eigenvalue weighted by Crippen LogP contribution is -2.26. The van der Waals surface area contributed by atoms with Gasteiger partial charge in [-0.1, -0.05) is 23.2 Å².